The van der Waals surface area contributed by atoms with E-state index >= 15 is 0 Å². The fourth-order valence-corrected chi connectivity index (χ4v) is 18.3. The molecule has 12 aromatic carbocycles. The molecule has 20 rings (SSSR count). The number of aryl methyl sites for hydroxylation is 6. The summed E-state index contributed by atoms with van der Waals surface area (Å²) in [6.45, 7) is 18.0. The van der Waals surface area contributed by atoms with Crippen molar-refractivity contribution in [2.45, 2.75) is 87.0 Å². The summed E-state index contributed by atoms with van der Waals surface area (Å²) in [4.78, 5) is 0. The van der Waals surface area contributed by atoms with Crippen molar-refractivity contribution < 1.29 is 18.3 Å². The fourth-order valence-electron chi connectivity index (χ4n) is 18.3. The summed E-state index contributed by atoms with van der Waals surface area (Å²) in [5, 5.41) is 0. The van der Waals surface area contributed by atoms with Gasteiger partial charge >= 0.3 is 0 Å². The third kappa shape index (κ3) is 13.7. The molecule has 4 aliphatic carbocycles. The van der Waals surface area contributed by atoms with Gasteiger partial charge in [0.1, 0.15) is 28.2 Å². The van der Waals surface area contributed by atoms with Crippen molar-refractivity contribution in [2.24, 2.45) is 28.2 Å². The van der Waals surface area contributed by atoms with Gasteiger partial charge in [0.15, 0.2) is 24.8 Å². The quantitative estimate of drug-likeness (QED) is 0.128. The van der Waals surface area contributed by atoms with Crippen molar-refractivity contribution in [1.29, 1.82) is 0 Å². The topological polar surface area (TPSA) is 15.5 Å². The summed E-state index contributed by atoms with van der Waals surface area (Å²) < 4.78 is 8.96. The van der Waals surface area contributed by atoms with E-state index in [1.807, 2.05) is 0 Å². The maximum atomic E-state index is 2.42. The largest absolute Gasteiger partial charge is 0.212 e. The zero-order valence-electron chi connectivity index (χ0n) is 67.3. The lowest BCUT2D eigenvalue weighted by Gasteiger charge is -2.17. The van der Waals surface area contributed by atoms with Crippen LogP contribution in [0.5, 0.6) is 0 Å². The average Bonchev–Trinajstić information content (AvgIpc) is 1.64. The van der Waals surface area contributed by atoms with E-state index in [0.29, 0.717) is 5.92 Å². The number of hydrogen-bond donors (Lipinski definition) is 0. The molecule has 0 fully saturated rings. The first kappa shape index (κ1) is 73.1. The molecular formula is C109H98N4+4. The molecule has 0 saturated carbocycles. The van der Waals surface area contributed by atoms with E-state index in [2.05, 4.69) is 424 Å². The van der Waals surface area contributed by atoms with Crippen LogP contribution in [0.15, 0.2) is 322 Å². The molecule has 0 atom stereocenters. The predicted molar refractivity (Wildman–Crippen MR) is 469 cm³/mol. The summed E-state index contributed by atoms with van der Waals surface area (Å²) in [5.74, 6) is 0.512. The molecule has 4 heteroatoms. The molecule has 4 nitrogen and oxygen atoms in total. The number of nitrogens with zero attached hydrogens (tertiary/aromatic N) is 4. The Bertz CT molecular complexity index is 6360. The number of pyridine rings is 4. The van der Waals surface area contributed by atoms with Gasteiger partial charge in [-0.25, -0.2) is 18.3 Å². The molecule has 0 saturated heterocycles. The normalized spacial score (nSPS) is 12.0. The minimum absolute atomic E-state index is 0.512. The smallest absolute Gasteiger partial charge is 0.201 e. The molecule has 0 radical (unpaired) electrons. The minimum atomic E-state index is 0.512. The van der Waals surface area contributed by atoms with Crippen LogP contribution in [0.25, 0.3) is 134 Å². The summed E-state index contributed by atoms with van der Waals surface area (Å²) in [7, 11) is 8.56. The number of aromatic nitrogens is 4. The molecule has 4 aliphatic rings. The van der Waals surface area contributed by atoms with Gasteiger partial charge in [-0.1, -0.05) is 232 Å². The van der Waals surface area contributed by atoms with Gasteiger partial charge in [0.05, 0.1) is 0 Å². The fraction of sp³-hybridized carbons (Fsp3) is 0.156. The molecule has 550 valence electrons. The molecule has 0 N–H and O–H groups in total. The molecule has 16 aromatic rings. The molecule has 0 spiro atoms. The highest BCUT2D eigenvalue weighted by atomic mass is 14.9. The van der Waals surface area contributed by atoms with Crippen LogP contribution in [0.1, 0.15) is 103 Å². The Balaban J connectivity index is 0.000000109. The second-order valence-corrected chi connectivity index (χ2v) is 31.8. The summed E-state index contributed by atoms with van der Waals surface area (Å²) >= 11 is 0. The average molecular weight is 1460 g/mol. The zero-order chi connectivity index (χ0) is 77.7. The summed E-state index contributed by atoms with van der Waals surface area (Å²) in [6.07, 6.45) is 12.8. The van der Waals surface area contributed by atoms with Crippen molar-refractivity contribution in [2.75, 3.05) is 0 Å². The predicted octanol–water partition coefficient (Wildman–Crippen LogP) is 24.6. The molecule has 0 bridgehead atoms. The van der Waals surface area contributed by atoms with Crippen LogP contribution in [-0.4, -0.2) is 0 Å². The van der Waals surface area contributed by atoms with Gasteiger partial charge in [-0.3, -0.25) is 0 Å². The lowest BCUT2D eigenvalue weighted by atomic mass is 9.87. The van der Waals surface area contributed by atoms with Crippen LogP contribution in [0.2, 0.25) is 0 Å². The Kier molecular flexibility index (Phi) is 19.9. The lowest BCUT2D eigenvalue weighted by molar-refractivity contribution is -0.660. The number of fused-ring (bicyclic) bond motifs is 12. The van der Waals surface area contributed by atoms with Gasteiger partial charge < -0.3 is 0 Å². The molecule has 0 aliphatic heterocycles. The van der Waals surface area contributed by atoms with Crippen molar-refractivity contribution in [3.8, 4) is 134 Å². The molecule has 113 heavy (non-hydrogen) atoms. The van der Waals surface area contributed by atoms with Crippen molar-refractivity contribution in [3.63, 3.8) is 0 Å². The van der Waals surface area contributed by atoms with Crippen LogP contribution >= 0.6 is 0 Å². The third-order valence-corrected chi connectivity index (χ3v) is 24.4. The van der Waals surface area contributed by atoms with E-state index in [1.165, 1.54) is 217 Å². The van der Waals surface area contributed by atoms with Gasteiger partial charge in [0.2, 0.25) is 22.8 Å². The van der Waals surface area contributed by atoms with E-state index in [0.717, 1.165) is 25.7 Å². The Morgan fingerprint density at radius 2 is 0.531 bits per heavy atom. The van der Waals surface area contributed by atoms with E-state index < -0.39 is 0 Å². The lowest BCUT2D eigenvalue weighted by Crippen LogP contribution is -2.31. The SMILES string of the molecule is Cc1c(-c2cc(C(C)C)cc[n+]2C)cc(-c2ccccc2)c2c1Cc1ccccc1-2.Cc1c(-c2cccc[n+]2C)cc(-c2ccccc2)c2c1Cc1ccccc1-2.Cc1cc[n+](C)c(-c2cc(-c3ccccc3)c3c(c2C)Cc2ccccc2-3)c1.Cc1ccc(-c2cc(-c3ccccc3)c3c(c2C)Cc2ccccc2-3)[n+](C)c1. The number of rotatable bonds is 9. The maximum absolute atomic E-state index is 2.42. The number of benzene rings is 12. The van der Waals surface area contributed by atoms with Gasteiger partial charge in [0.25, 0.3) is 0 Å². The van der Waals surface area contributed by atoms with Crippen molar-refractivity contribution in [3.05, 3.63) is 405 Å². The van der Waals surface area contributed by atoms with Gasteiger partial charge in [-0.2, -0.15) is 0 Å². The molecule has 0 amide bonds. The Labute approximate surface area is 668 Å². The van der Waals surface area contributed by atoms with Crippen LogP contribution in [0.4, 0.5) is 0 Å². The zero-order valence-corrected chi connectivity index (χ0v) is 67.3. The first-order valence-electron chi connectivity index (χ1n) is 40.1. The second-order valence-electron chi connectivity index (χ2n) is 31.8. The van der Waals surface area contributed by atoms with E-state index in [1.54, 1.807) is 0 Å². The Morgan fingerprint density at radius 1 is 0.230 bits per heavy atom. The minimum Gasteiger partial charge on any atom is -0.201 e. The maximum Gasteiger partial charge on any atom is 0.212 e. The van der Waals surface area contributed by atoms with Crippen LogP contribution in [-0.2, 0) is 53.9 Å². The van der Waals surface area contributed by atoms with Crippen molar-refractivity contribution in [1.82, 2.24) is 0 Å². The van der Waals surface area contributed by atoms with Crippen LogP contribution in [0.3, 0.4) is 0 Å². The summed E-state index contributed by atoms with van der Waals surface area (Å²) in [5.41, 5.74) is 53.2. The monoisotopic (exact) mass is 1460 g/mol. The molecule has 4 heterocycles. The van der Waals surface area contributed by atoms with E-state index in [9.17, 15) is 0 Å². The summed E-state index contributed by atoms with van der Waals surface area (Å²) in [6, 6.07) is 108. The third-order valence-electron chi connectivity index (χ3n) is 24.4. The van der Waals surface area contributed by atoms with Gasteiger partial charge in [-0.15, -0.1) is 0 Å². The van der Waals surface area contributed by atoms with Gasteiger partial charge in [0, 0.05) is 70.3 Å². The highest BCUT2D eigenvalue weighted by Crippen LogP contribution is 2.52. The molecule has 0 unspecified atom stereocenters. The van der Waals surface area contributed by atoms with Crippen LogP contribution < -0.4 is 18.3 Å². The van der Waals surface area contributed by atoms with Crippen molar-refractivity contribution >= 4 is 0 Å². The highest BCUT2D eigenvalue weighted by molar-refractivity contribution is 5.99. The standard InChI is InChI=1S/C29H28N.2C27H24N.C26H22N/c1-19(2)22-14-15-30(4)28(17-22)25-18-27(21-10-6-5-7-11-21)29-24-13-9-8-12-23(24)16-26(29)20(25)3;1-18-13-14-26(28(3)17-18)23-16-25(20-9-5-4-6-10-20)27-22-12-8-7-11-21(22)15-24(27)19(23)2;1-18-13-14-28(3)26(15-18)23-17-25(20-9-5-4-6-10-20)27-22-12-8-7-11-21(22)16-24(27)19(23)2;1-18-22(25-14-8-9-15-27(25)2)17-24(19-10-4-3-5-11-19)26-21-13-7-6-12-20(21)16-23(18)26/h5-15,17-19H,16H2,1-4H3;4-14,16-17H,15H2,1-3H3;4-15,17H,16H2,1-3H3;3-15,17H,16H2,1-2H3/q4*+1. The van der Waals surface area contributed by atoms with E-state index in [4.69, 9.17) is 0 Å². The second kappa shape index (κ2) is 30.8. The Hall–Kier alpha value is -12.8. The van der Waals surface area contributed by atoms with Crippen LogP contribution in [0, 0.1) is 41.5 Å². The number of hydrogen-bond acceptors (Lipinski definition) is 0. The Morgan fingerprint density at radius 3 is 0.876 bits per heavy atom. The first-order valence-corrected chi connectivity index (χ1v) is 40.1. The van der Waals surface area contributed by atoms with Gasteiger partial charge in [-0.05, 0) is 276 Å². The molecule has 4 aromatic heterocycles. The molecular weight excluding hydrogens is 1370 g/mol. The first-order chi connectivity index (χ1) is 55.0. The highest BCUT2D eigenvalue weighted by Gasteiger charge is 2.33. The van der Waals surface area contributed by atoms with E-state index in [-0.39, 0.29) is 0 Å².